The van der Waals surface area contributed by atoms with Gasteiger partial charge in [0.05, 0.1) is 0 Å². The second-order valence-corrected chi connectivity index (χ2v) is 6.34. The summed E-state index contributed by atoms with van der Waals surface area (Å²) in [6.45, 7) is 2.92. The Morgan fingerprint density at radius 2 is 1.42 bits per heavy atom. The molecular weight excluding hydrogens is 250 g/mol. The van der Waals surface area contributed by atoms with E-state index in [-0.39, 0.29) is 0 Å². The average molecular weight is 279 g/mol. The molecule has 0 unspecified atom stereocenters. The van der Waals surface area contributed by atoms with Crippen molar-refractivity contribution >= 4 is 11.8 Å². The molecule has 0 amide bonds. The summed E-state index contributed by atoms with van der Waals surface area (Å²) in [6.07, 6.45) is 11.2. The maximum atomic E-state index is 5.59. The molecule has 0 saturated heterocycles. The molecule has 1 aromatic rings. The molecule has 0 aromatic heterocycles. The number of thioether (sulfide) groups is 1. The minimum Gasteiger partial charge on any atom is -0.326 e. The third-order valence-corrected chi connectivity index (χ3v) is 4.52. The van der Waals surface area contributed by atoms with Crippen LogP contribution in [0, 0.1) is 0 Å². The summed E-state index contributed by atoms with van der Waals surface area (Å²) in [4.78, 5) is 1.38. The molecule has 0 fully saturated rings. The van der Waals surface area contributed by atoms with Crippen molar-refractivity contribution in [2.45, 2.75) is 69.7 Å². The van der Waals surface area contributed by atoms with E-state index in [0.29, 0.717) is 6.54 Å². The number of hydrogen-bond donors (Lipinski definition) is 1. The fourth-order valence-corrected chi connectivity index (χ4v) is 3.06. The first-order chi connectivity index (χ1) is 9.36. The van der Waals surface area contributed by atoms with Crippen LogP contribution in [0.2, 0.25) is 0 Å². The Morgan fingerprint density at radius 1 is 0.842 bits per heavy atom. The molecule has 0 radical (unpaired) electrons. The van der Waals surface area contributed by atoms with E-state index >= 15 is 0 Å². The third kappa shape index (κ3) is 8.33. The van der Waals surface area contributed by atoms with E-state index in [1.807, 2.05) is 11.8 Å². The monoisotopic (exact) mass is 279 g/mol. The number of hydrogen-bond acceptors (Lipinski definition) is 2. The Morgan fingerprint density at radius 3 is 2.00 bits per heavy atom. The second-order valence-electron chi connectivity index (χ2n) is 5.17. The van der Waals surface area contributed by atoms with Gasteiger partial charge in [0.2, 0.25) is 0 Å². The summed E-state index contributed by atoms with van der Waals surface area (Å²) in [6, 6.07) is 8.65. The van der Waals surface area contributed by atoms with Crippen molar-refractivity contribution in [3.63, 3.8) is 0 Å². The van der Waals surface area contributed by atoms with Gasteiger partial charge >= 0.3 is 0 Å². The molecule has 2 heteroatoms. The summed E-state index contributed by atoms with van der Waals surface area (Å²) in [5.41, 5.74) is 6.81. The van der Waals surface area contributed by atoms with Crippen LogP contribution >= 0.6 is 11.8 Å². The fraction of sp³-hybridized carbons (Fsp3) is 0.647. The Labute approximate surface area is 123 Å². The van der Waals surface area contributed by atoms with Crippen LogP contribution in [0.3, 0.4) is 0 Å². The fourth-order valence-electron chi connectivity index (χ4n) is 2.15. The van der Waals surface area contributed by atoms with E-state index in [2.05, 4.69) is 31.2 Å². The second kappa shape index (κ2) is 11.4. The third-order valence-electron chi connectivity index (χ3n) is 3.43. The van der Waals surface area contributed by atoms with Gasteiger partial charge in [-0.2, -0.15) is 0 Å². The summed E-state index contributed by atoms with van der Waals surface area (Å²) >= 11 is 1.97. The molecule has 0 aliphatic carbocycles. The molecule has 0 atom stereocenters. The van der Waals surface area contributed by atoms with Crippen LogP contribution < -0.4 is 5.73 Å². The van der Waals surface area contributed by atoms with Gasteiger partial charge in [0.15, 0.2) is 0 Å². The maximum absolute atomic E-state index is 5.59. The topological polar surface area (TPSA) is 26.0 Å². The minimum atomic E-state index is 0.642. The first-order valence-corrected chi connectivity index (χ1v) is 8.77. The SMILES string of the molecule is CCCCCCCCCCSc1ccc(CN)cc1. The zero-order valence-electron chi connectivity index (χ0n) is 12.4. The maximum Gasteiger partial charge on any atom is 0.0178 e. The molecule has 108 valence electrons. The highest BCUT2D eigenvalue weighted by Gasteiger charge is 1.96. The zero-order chi connectivity index (χ0) is 13.8. The largest absolute Gasteiger partial charge is 0.326 e. The minimum absolute atomic E-state index is 0.642. The Balaban J connectivity index is 1.95. The van der Waals surface area contributed by atoms with Crippen LogP contribution in [-0.4, -0.2) is 5.75 Å². The smallest absolute Gasteiger partial charge is 0.0178 e. The summed E-state index contributed by atoms with van der Waals surface area (Å²) in [5.74, 6) is 1.25. The van der Waals surface area contributed by atoms with Crippen molar-refractivity contribution in [2.75, 3.05) is 5.75 Å². The van der Waals surface area contributed by atoms with Gasteiger partial charge in [-0.1, -0.05) is 64.0 Å². The lowest BCUT2D eigenvalue weighted by Crippen LogP contribution is -1.95. The lowest BCUT2D eigenvalue weighted by Gasteiger charge is -2.03. The van der Waals surface area contributed by atoms with Gasteiger partial charge in [-0.25, -0.2) is 0 Å². The lowest BCUT2D eigenvalue weighted by molar-refractivity contribution is 0.586. The van der Waals surface area contributed by atoms with E-state index in [1.54, 1.807) is 0 Å². The molecule has 0 spiro atoms. The van der Waals surface area contributed by atoms with Crippen molar-refractivity contribution in [3.05, 3.63) is 29.8 Å². The van der Waals surface area contributed by atoms with Crippen molar-refractivity contribution in [1.29, 1.82) is 0 Å². The number of nitrogens with two attached hydrogens (primary N) is 1. The lowest BCUT2D eigenvalue weighted by atomic mass is 10.1. The number of rotatable bonds is 11. The van der Waals surface area contributed by atoms with Gasteiger partial charge in [0.25, 0.3) is 0 Å². The van der Waals surface area contributed by atoms with Crippen LogP contribution in [-0.2, 0) is 6.54 Å². The predicted molar refractivity (Wildman–Crippen MR) is 87.7 cm³/mol. The molecule has 2 N–H and O–H groups in total. The predicted octanol–water partition coefficient (Wildman–Crippen LogP) is 5.38. The number of unbranched alkanes of at least 4 members (excludes halogenated alkanes) is 7. The van der Waals surface area contributed by atoms with Crippen molar-refractivity contribution in [2.24, 2.45) is 5.73 Å². The van der Waals surface area contributed by atoms with Crippen LogP contribution in [0.5, 0.6) is 0 Å². The molecule has 19 heavy (non-hydrogen) atoms. The van der Waals surface area contributed by atoms with E-state index in [4.69, 9.17) is 5.73 Å². The summed E-state index contributed by atoms with van der Waals surface area (Å²) < 4.78 is 0. The average Bonchev–Trinajstić information content (AvgIpc) is 2.46. The Kier molecular flexibility index (Phi) is 9.92. The first-order valence-electron chi connectivity index (χ1n) is 7.78. The van der Waals surface area contributed by atoms with Crippen molar-refractivity contribution < 1.29 is 0 Å². The van der Waals surface area contributed by atoms with Crippen molar-refractivity contribution in [1.82, 2.24) is 0 Å². The quantitative estimate of drug-likeness (QED) is 0.435. The van der Waals surface area contributed by atoms with Crippen molar-refractivity contribution in [3.8, 4) is 0 Å². The van der Waals surface area contributed by atoms with Gasteiger partial charge in [0.1, 0.15) is 0 Å². The van der Waals surface area contributed by atoms with E-state index in [0.717, 1.165) is 0 Å². The summed E-state index contributed by atoms with van der Waals surface area (Å²) in [7, 11) is 0. The highest BCUT2D eigenvalue weighted by molar-refractivity contribution is 7.99. The van der Waals surface area contributed by atoms with Gasteiger partial charge in [-0.05, 0) is 29.9 Å². The summed E-state index contributed by atoms with van der Waals surface area (Å²) in [5, 5.41) is 0. The van der Waals surface area contributed by atoms with Crippen LogP contribution in [0.25, 0.3) is 0 Å². The molecule has 0 aliphatic heterocycles. The van der Waals surface area contributed by atoms with Gasteiger partial charge in [-0.15, -0.1) is 11.8 Å². The number of benzene rings is 1. The van der Waals surface area contributed by atoms with Gasteiger partial charge in [0, 0.05) is 11.4 Å². The van der Waals surface area contributed by atoms with E-state index < -0.39 is 0 Å². The Hall–Kier alpha value is -0.470. The van der Waals surface area contributed by atoms with Crippen LogP contribution in [0.15, 0.2) is 29.2 Å². The molecule has 1 nitrogen and oxygen atoms in total. The molecule has 0 heterocycles. The van der Waals surface area contributed by atoms with Crippen LogP contribution in [0.1, 0.15) is 63.9 Å². The Bertz CT molecular complexity index is 308. The van der Waals surface area contributed by atoms with E-state index in [9.17, 15) is 0 Å². The molecule has 1 rings (SSSR count). The standard InChI is InChI=1S/C17H29NS/c1-2-3-4-5-6-7-8-9-14-19-17-12-10-16(15-18)11-13-17/h10-13H,2-9,14-15,18H2,1H3. The molecule has 1 aromatic carbocycles. The van der Waals surface area contributed by atoms with Gasteiger partial charge < -0.3 is 5.73 Å². The zero-order valence-corrected chi connectivity index (χ0v) is 13.2. The van der Waals surface area contributed by atoms with E-state index in [1.165, 1.54) is 67.6 Å². The van der Waals surface area contributed by atoms with Gasteiger partial charge in [-0.3, -0.25) is 0 Å². The normalized spacial score (nSPS) is 10.8. The first kappa shape index (κ1) is 16.6. The highest BCUT2D eigenvalue weighted by atomic mass is 32.2. The van der Waals surface area contributed by atoms with Crippen LogP contribution in [0.4, 0.5) is 0 Å². The molecule has 0 bridgehead atoms. The molecule has 0 saturated carbocycles. The molecular formula is C17H29NS. The molecule has 0 aliphatic rings. The highest BCUT2D eigenvalue weighted by Crippen LogP contribution is 2.20.